The zero-order chi connectivity index (χ0) is 13.9. The number of nitrogens with one attached hydrogen (secondary N) is 1. The Morgan fingerprint density at radius 2 is 2.05 bits per heavy atom. The van der Waals surface area contributed by atoms with Crippen molar-refractivity contribution in [1.82, 2.24) is 9.88 Å². The fraction of sp³-hybridized carbons (Fsp3) is 0.688. The lowest BCUT2D eigenvalue weighted by Gasteiger charge is -2.21. The van der Waals surface area contributed by atoms with Gasteiger partial charge in [0.2, 0.25) is 0 Å². The Balaban J connectivity index is 1.79. The number of nitrogens with zero attached hydrogens (tertiary/aromatic N) is 2. The molecule has 2 rings (SSSR count). The van der Waals surface area contributed by atoms with E-state index in [9.17, 15) is 0 Å². The number of hydrogen-bond donors (Lipinski definition) is 1. The maximum Gasteiger partial charge on any atom is 0.125 e. The maximum atomic E-state index is 4.50. The van der Waals surface area contributed by atoms with Gasteiger partial charge in [-0.25, -0.2) is 4.98 Å². The summed E-state index contributed by atoms with van der Waals surface area (Å²) in [7, 11) is 0. The smallest absolute Gasteiger partial charge is 0.125 e. The molecule has 0 spiro atoms. The van der Waals surface area contributed by atoms with Gasteiger partial charge in [-0.15, -0.1) is 0 Å². The molecule has 0 radical (unpaired) electrons. The summed E-state index contributed by atoms with van der Waals surface area (Å²) in [6, 6.07) is 5.12. The van der Waals surface area contributed by atoms with Gasteiger partial charge in [0.15, 0.2) is 0 Å². The topological polar surface area (TPSA) is 28.2 Å². The standard InChI is InChI=1S/C16H27N3/c1-5-19(14-7-8-14)11-10-17-15-9-6-13(12-18-15)16(2,3)4/h6,9,12,14H,5,7-8,10-11H2,1-4H3,(H,17,18). The van der Waals surface area contributed by atoms with E-state index < -0.39 is 0 Å². The Morgan fingerprint density at radius 1 is 1.32 bits per heavy atom. The van der Waals surface area contributed by atoms with Crippen LogP contribution in [0.5, 0.6) is 0 Å². The second kappa shape index (κ2) is 5.91. The highest BCUT2D eigenvalue weighted by Crippen LogP contribution is 2.26. The first kappa shape index (κ1) is 14.3. The van der Waals surface area contributed by atoms with Crippen LogP contribution in [-0.2, 0) is 5.41 Å². The number of pyridine rings is 1. The van der Waals surface area contributed by atoms with Crippen molar-refractivity contribution in [2.75, 3.05) is 25.0 Å². The molecular weight excluding hydrogens is 234 g/mol. The fourth-order valence-electron chi connectivity index (χ4n) is 2.31. The molecule has 1 aliphatic carbocycles. The average molecular weight is 261 g/mol. The van der Waals surface area contributed by atoms with E-state index in [0.29, 0.717) is 0 Å². The summed E-state index contributed by atoms with van der Waals surface area (Å²) in [5, 5.41) is 3.42. The molecule has 1 aromatic heterocycles. The van der Waals surface area contributed by atoms with Crippen LogP contribution in [-0.4, -0.2) is 35.6 Å². The predicted octanol–water partition coefficient (Wildman–Crippen LogP) is 3.28. The van der Waals surface area contributed by atoms with Crippen molar-refractivity contribution in [2.45, 2.75) is 52.0 Å². The van der Waals surface area contributed by atoms with Crippen LogP contribution in [0.15, 0.2) is 18.3 Å². The van der Waals surface area contributed by atoms with E-state index in [1.54, 1.807) is 0 Å². The van der Waals surface area contributed by atoms with Crippen molar-refractivity contribution in [1.29, 1.82) is 0 Å². The molecule has 1 aromatic rings. The lowest BCUT2D eigenvalue weighted by atomic mass is 9.88. The van der Waals surface area contributed by atoms with Crippen molar-refractivity contribution < 1.29 is 0 Å². The van der Waals surface area contributed by atoms with Crippen molar-refractivity contribution >= 4 is 5.82 Å². The molecule has 0 atom stereocenters. The third kappa shape index (κ3) is 4.20. The first-order chi connectivity index (χ1) is 9.00. The minimum atomic E-state index is 0.177. The van der Waals surface area contributed by atoms with Gasteiger partial charge in [-0.1, -0.05) is 33.8 Å². The summed E-state index contributed by atoms with van der Waals surface area (Å²) in [5.41, 5.74) is 1.46. The van der Waals surface area contributed by atoms with Gasteiger partial charge in [-0.2, -0.15) is 0 Å². The second-order valence-corrected chi connectivity index (χ2v) is 6.47. The summed E-state index contributed by atoms with van der Waals surface area (Å²) in [6.45, 7) is 12.1. The van der Waals surface area contributed by atoms with Crippen LogP contribution >= 0.6 is 0 Å². The number of aromatic nitrogens is 1. The molecule has 0 aromatic carbocycles. The Morgan fingerprint density at radius 3 is 2.53 bits per heavy atom. The van der Waals surface area contributed by atoms with Crippen LogP contribution in [0.3, 0.4) is 0 Å². The summed E-state index contributed by atoms with van der Waals surface area (Å²) >= 11 is 0. The van der Waals surface area contributed by atoms with Gasteiger partial charge in [-0.3, -0.25) is 4.90 Å². The normalized spacial score (nSPS) is 15.8. The highest BCUT2D eigenvalue weighted by Gasteiger charge is 2.27. The summed E-state index contributed by atoms with van der Waals surface area (Å²) in [4.78, 5) is 7.05. The van der Waals surface area contributed by atoms with Gasteiger partial charge >= 0.3 is 0 Å². The summed E-state index contributed by atoms with van der Waals surface area (Å²) < 4.78 is 0. The molecule has 0 unspecified atom stereocenters. The molecule has 0 amide bonds. The predicted molar refractivity (Wildman–Crippen MR) is 81.7 cm³/mol. The number of anilines is 1. The van der Waals surface area contributed by atoms with Gasteiger partial charge in [0.05, 0.1) is 0 Å². The fourth-order valence-corrected chi connectivity index (χ4v) is 2.31. The van der Waals surface area contributed by atoms with E-state index in [4.69, 9.17) is 0 Å². The molecule has 1 saturated carbocycles. The van der Waals surface area contributed by atoms with E-state index in [0.717, 1.165) is 31.5 Å². The van der Waals surface area contributed by atoms with E-state index in [1.807, 2.05) is 6.20 Å². The second-order valence-electron chi connectivity index (χ2n) is 6.47. The first-order valence-electron chi connectivity index (χ1n) is 7.45. The van der Waals surface area contributed by atoms with Gasteiger partial charge in [0, 0.05) is 25.3 Å². The Labute approximate surface area is 117 Å². The third-order valence-corrected chi connectivity index (χ3v) is 3.80. The number of hydrogen-bond acceptors (Lipinski definition) is 3. The molecule has 1 heterocycles. The van der Waals surface area contributed by atoms with Crippen LogP contribution in [0.25, 0.3) is 0 Å². The molecule has 3 heteroatoms. The molecule has 0 bridgehead atoms. The van der Waals surface area contributed by atoms with Crippen LogP contribution in [0.2, 0.25) is 0 Å². The largest absolute Gasteiger partial charge is 0.369 e. The molecular formula is C16H27N3. The molecule has 19 heavy (non-hydrogen) atoms. The highest BCUT2D eigenvalue weighted by molar-refractivity contribution is 5.37. The lowest BCUT2D eigenvalue weighted by molar-refractivity contribution is 0.289. The molecule has 1 fully saturated rings. The first-order valence-corrected chi connectivity index (χ1v) is 7.45. The third-order valence-electron chi connectivity index (χ3n) is 3.80. The van der Waals surface area contributed by atoms with E-state index >= 15 is 0 Å². The van der Waals surface area contributed by atoms with E-state index in [-0.39, 0.29) is 5.41 Å². The molecule has 106 valence electrons. The van der Waals surface area contributed by atoms with E-state index in [1.165, 1.54) is 18.4 Å². The van der Waals surface area contributed by atoms with Crippen LogP contribution in [0, 0.1) is 0 Å². The summed E-state index contributed by atoms with van der Waals surface area (Å²) in [6.07, 6.45) is 4.75. The van der Waals surface area contributed by atoms with Crippen molar-refractivity contribution in [3.05, 3.63) is 23.9 Å². The Kier molecular flexibility index (Phi) is 4.46. The minimum Gasteiger partial charge on any atom is -0.369 e. The monoisotopic (exact) mass is 261 g/mol. The van der Waals surface area contributed by atoms with Crippen LogP contribution < -0.4 is 5.32 Å². The van der Waals surface area contributed by atoms with Crippen LogP contribution in [0.4, 0.5) is 5.82 Å². The molecule has 0 saturated heterocycles. The van der Waals surface area contributed by atoms with Crippen LogP contribution in [0.1, 0.15) is 46.1 Å². The van der Waals surface area contributed by atoms with Gasteiger partial charge < -0.3 is 5.32 Å². The number of rotatable bonds is 6. The maximum absolute atomic E-state index is 4.50. The SMILES string of the molecule is CCN(CCNc1ccc(C(C)(C)C)cn1)C1CC1. The number of likely N-dealkylation sites (N-methyl/N-ethyl adjacent to an activating group) is 1. The molecule has 3 nitrogen and oxygen atoms in total. The molecule has 0 aliphatic heterocycles. The van der Waals surface area contributed by atoms with E-state index in [2.05, 4.69) is 55.0 Å². The zero-order valence-electron chi connectivity index (χ0n) is 12.7. The van der Waals surface area contributed by atoms with Gasteiger partial charge in [0.25, 0.3) is 0 Å². The minimum absolute atomic E-state index is 0.177. The zero-order valence-corrected chi connectivity index (χ0v) is 12.7. The average Bonchev–Trinajstić information content (AvgIpc) is 3.18. The van der Waals surface area contributed by atoms with Crippen molar-refractivity contribution in [2.24, 2.45) is 0 Å². The van der Waals surface area contributed by atoms with Crippen molar-refractivity contribution in [3.63, 3.8) is 0 Å². The Bertz CT molecular complexity index is 387. The highest BCUT2D eigenvalue weighted by atomic mass is 15.2. The molecule has 1 aliphatic rings. The van der Waals surface area contributed by atoms with Crippen molar-refractivity contribution in [3.8, 4) is 0 Å². The summed E-state index contributed by atoms with van der Waals surface area (Å²) in [5.74, 6) is 0.986. The Hall–Kier alpha value is -1.09. The lowest BCUT2D eigenvalue weighted by Crippen LogP contribution is -2.31. The van der Waals surface area contributed by atoms with Gasteiger partial charge in [0.1, 0.15) is 5.82 Å². The molecule has 1 N–H and O–H groups in total. The quantitative estimate of drug-likeness (QED) is 0.852. The van der Waals surface area contributed by atoms with Gasteiger partial charge in [-0.05, 0) is 36.4 Å².